The van der Waals surface area contributed by atoms with Crippen LogP contribution in [0.4, 0.5) is 5.69 Å². The molecule has 3 aromatic rings. The Bertz CT molecular complexity index is 640. The van der Waals surface area contributed by atoms with Crippen molar-refractivity contribution in [2.24, 2.45) is 0 Å². The summed E-state index contributed by atoms with van der Waals surface area (Å²) in [6.07, 6.45) is 3.72. The minimum absolute atomic E-state index is 0.784. The van der Waals surface area contributed by atoms with Crippen LogP contribution < -0.4 is 5.73 Å². The Kier molecular flexibility index (Phi) is 1.90. The molecule has 0 aliphatic rings. The van der Waals surface area contributed by atoms with E-state index in [-0.39, 0.29) is 0 Å². The molecule has 0 saturated heterocycles. The van der Waals surface area contributed by atoms with Crippen LogP contribution in [0, 0.1) is 0 Å². The molecule has 2 heterocycles. The summed E-state index contributed by atoms with van der Waals surface area (Å²) in [6.45, 7) is 0. The Hall–Kier alpha value is -2.29. The number of nitrogens with zero attached hydrogens (tertiary/aromatic N) is 1. The molecule has 0 atom stereocenters. The van der Waals surface area contributed by atoms with Gasteiger partial charge in [0.15, 0.2) is 0 Å². The maximum Gasteiger partial charge on any atom is 0.137 e. The summed E-state index contributed by atoms with van der Waals surface area (Å²) in [5, 5.41) is 1.10. The number of fused-ring (bicyclic) bond motifs is 1. The van der Waals surface area contributed by atoms with Gasteiger partial charge in [0.05, 0.1) is 0 Å². The number of nitrogen functional groups attached to an aromatic ring is 1. The van der Waals surface area contributed by atoms with Gasteiger partial charge in [-0.05, 0) is 18.2 Å². The molecule has 0 aliphatic carbocycles. The molecule has 0 amide bonds. The Morgan fingerprint density at radius 2 is 1.88 bits per heavy atom. The van der Waals surface area contributed by atoms with Gasteiger partial charge in [-0.2, -0.15) is 0 Å². The zero-order valence-electron chi connectivity index (χ0n) is 8.64. The second-order valence-corrected chi connectivity index (χ2v) is 3.69. The van der Waals surface area contributed by atoms with Crippen molar-refractivity contribution in [1.29, 1.82) is 0 Å². The van der Waals surface area contributed by atoms with E-state index in [4.69, 9.17) is 5.73 Å². The third kappa shape index (κ3) is 1.26. The lowest BCUT2D eigenvalue weighted by atomic mass is 10.0. The first-order chi connectivity index (χ1) is 7.86. The molecule has 3 nitrogen and oxygen atoms in total. The number of H-pyrrole nitrogens is 1. The molecular weight excluding hydrogens is 198 g/mol. The van der Waals surface area contributed by atoms with Crippen LogP contribution in [-0.4, -0.2) is 9.97 Å². The summed E-state index contributed by atoms with van der Waals surface area (Å²) >= 11 is 0. The Morgan fingerprint density at radius 1 is 1.00 bits per heavy atom. The molecule has 0 unspecified atom stereocenters. The highest BCUT2D eigenvalue weighted by Gasteiger charge is 2.07. The fourth-order valence-electron chi connectivity index (χ4n) is 1.92. The smallest absolute Gasteiger partial charge is 0.137 e. The number of hydrogen-bond acceptors (Lipinski definition) is 2. The highest BCUT2D eigenvalue weighted by molar-refractivity contribution is 5.96. The van der Waals surface area contributed by atoms with Crippen LogP contribution in [0.5, 0.6) is 0 Å². The van der Waals surface area contributed by atoms with Gasteiger partial charge in [-0.3, -0.25) is 0 Å². The van der Waals surface area contributed by atoms with Gasteiger partial charge in [-0.1, -0.05) is 18.2 Å². The molecule has 0 bridgehead atoms. The third-order valence-corrected chi connectivity index (χ3v) is 2.70. The predicted octanol–water partition coefficient (Wildman–Crippen LogP) is 2.81. The molecule has 0 fully saturated rings. The summed E-state index contributed by atoms with van der Waals surface area (Å²) in [7, 11) is 0. The molecule has 3 N–H and O–H groups in total. The molecule has 3 heteroatoms. The molecule has 78 valence electrons. The fraction of sp³-hybridized carbons (Fsp3) is 0. The van der Waals surface area contributed by atoms with E-state index in [1.165, 1.54) is 0 Å². The van der Waals surface area contributed by atoms with E-state index in [9.17, 15) is 0 Å². The van der Waals surface area contributed by atoms with Crippen LogP contribution in [0.1, 0.15) is 0 Å². The average molecular weight is 209 g/mol. The van der Waals surface area contributed by atoms with Crippen molar-refractivity contribution >= 4 is 16.7 Å². The van der Waals surface area contributed by atoms with Crippen LogP contribution >= 0.6 is 0 Å². The van der Waals surface area contributed by atoms with Crippen LogP contribution in [-0.2, 0) is 0 Å². The van der Waals surface area contributed by atoms with Crippen molar-refractivity contribution in [3.63, 3.8) is 0 Å². The minimum Gasteiger partial charge on any atom is -0.398 e. The van der Waals surface area contributed by atoms with Crippen molar-refractivity contribution in [1.82, 2.24) is 9.97 Å². The summed E-state index contributed by atoms with van der Waals surface area (Å²) in [5.41, 5.74) is 9.78. The Labute approximate surface area is 92.9 Å². The van der Waals surface area contributed by atoms with Gasteiger partial charge in [0.25, 0.3) is 0 Å². The molecule has 0 aliphatic heterocycles. The van der Waals surface area contributed by atoms with E-state index >= 15 is 0 Å². The number of aromatic nitrogens is 2. The number of anilines is 1. The van der Waals surface area contributed by atoms with E-state index in [1.807, 2.05) is 42.6 Å². The van der Waals surface area contributed by atoms with Gasteiger partial charge < -0.3 is 10.7 Å². The average Bonchev–Trinajstić information content (AvgIpc) is 2.74. The minimum atomic E-state index is 0.784. The summed E-state index contributed by atoms with van der Waals surface area (Å²) in [6, 6.07) is 11.8. The van der Waals surface area contributed by atoms with Crippen LogP contribution in [0.3, 0.4) is 0 Å². The van der Waals surface area contributed by atoms with Crippen LogP contribution in [0.15, 0.2) is 48.8 Å². The number of para-hydroxylation sites is 1. The molecule has 3 rings (SSSR count). The van der Waals surface area contributed by atoms with Crippen LogP contribution in [0.25, 0.3) is 22.2 Å². The lowest BCUT2D eigenvalue weighted by molar-refractivity contribution is 1.33. The van der Waals surface area contributed by atoms with Crippen molar-refractivity contribution in [3.8, 4) is 11.1 Å². The highest BCUT2D eigenvalue weighted by Crippen LogP contribution is 2.31. The number of benzene rings is 1. The van der Waals surface area contributed by atoms with Gasteiger partial charge >= 0.3 is 0 Å². The van der Waals surface area contributed by atoms with Gasteiger partial charge in [-0.25, -0.2) is 4.98 Å². The standard InChI is InChI=1S/C13H11N3/c14-12-6-2-1-4-9(12)11-8-16-13-10(11)5-3-7-15-13/h1-8H,14H2,(H,15,16). The van der Waals surface area contributed by atoms with Crippen molar-refractivity contribution in [2.75, 3.05) is 5.73 Å². The summed E-state index contributed by atoms with van der Waals surface area (Å²) < 4.78 is 0. The summed E-state index contributed by atoms with van der Waals surface area (Å²) in [5.74, 6) is 0. The van der Waals surface area contributed by atoms with Gasteiger partial charge in [0.1, 0.15) is 5.65 Å². The van der Waals surface area contributed by atoms with E-state index in [0.717, 1.165) is 27.8 Å². The fourth-order valence-corrected chi connectivity index (χ4v) is 1.92. The molecule has 16 heavy (non-hydrogen) atoms. The monoisotopic (exact) mass is 209 g/mol. The normalized spacial score (nSPS) is 10.8. The third-order valence-electron chi connectivity index (χ3n) is 2.70. The Morgan fingerprint density at radius 3 is 2.75 bits per heavy atom. The molecule has 0 radical (unpaired) electrons. The SMILES string of the molecule is Nc1ccccc1-c1c[nH]c2ncccc12. The maximum absolute atomic E-state index is 5.97. The van der Waals surface area contributed by atoms with E-state index in [2.05, 4.69) is 9.97 Å². The van der Waals surface area contributed by atoms with Crippen molar-refractivity contribution in [2.45, 2.75) is 0 Å². The maximum atomic E-state index is 5.97. The second-order valence-electron chi connectivity index (χ2n) is 3.69. The molecule has 0 saturated carbocycles. The number of nitrogens with two attached hydrogens (primary N) is 1. The number of aromatic amines is 1. The number of pyridine rings is 1. The van der Waals surface area contributed by atoms with Crippen molar-refractivity contribution < 1.29 is 0 Å². The lowest BCUT2D eigenvalue weighted by Crippen LogP contribution is -1.88. The first-order valence-corrected chi connectivity index (χ1v) is 5.13. The topological polar surface area (TPSA) is 54.7 Å². The first kappa shape index (κ1) is 8.97. The molecule has 2 aromatic heterocycles. The number of hydrogen-bond donors (Lipinski definition) is 2. The second kappa shape index (κ2) is 3.38. The molecule has 1 aromatic carbocycles. The first-order valence-electron chi connectivity index (χ1n) is 5.13. The van der Waals surface area contributed by atoms with Crippen LogP contribution in [0.2, 0.25) is 0 Å². The summed E-state index contributed by atoms with van der Waals surface area (Å²) in [4.78, 5) is 7.41. The van der Waals surface area contributed by atoms with Crippen molar-refractivity contribution in [3.05, 3.63) is 48.8 Å². The van der Waals surface area contributed by atoms with Gasteiger partial charge in [0.2, 0.25) is 0 Å². The largest absolute Gasteiger partial charge is 0.398 e. The lowest BCUT2D eigenvalue weighted by Gasteiger charge is -2.03. The Balaban J connectivity index is 2.31. The molecular formula is C13H11N3. The molecule has 0 spiro atoms. The number of nitrogens with one attached hydrogen (secondary N) is 1. The van der Waals surface area contributed by atoms with E-state index in [1.54, 1.807) is 6.20 Å². The van der Waals surface area contributed by atoms with E-state index < -0.39 is 0 Å². The number of rotatable bonds is 1. The highest BCUT2D eigenvalue weighted by atomic mass is 14.8. The van der Waals surface area contributed by atoms with Gasteiger partial charge in [0, 0.05) is 34.6 Å². The van der Waals surface area contributed by atoms with Gasteiger partial charge in [-0.15, -0.1) is 0 Å². The van der Waals surface area contributed by atoms with E-state index in [0.29, 0.717) is 0 Å². The zero-order chi connectivity index (χ0) is 11.0. The predicted molar refractivity (Wildman–Crippen MR) is 65.9 cm³/mol. The quantitative estimate of drug-likeness (QED) is 0.605. The zero-order valence-corrected chi connectivity index (χ0v) is 8.64.